The zero-order valence-corrected chi connectivity index (χ0v) is 13.1. The second kappa shape index (κ2) is 5.42. The Morgan fingerprint density at radius 2 is 1.90 bits per heavy atom. The lowest BCUT2D eigenvalue weighted by molar-refractivity contribution is -0.0553. The van der Waals surface area contributed by atoms with E-state index in [9.17, 15) is 0 Å². The lowest BCUT2D eigenvalue weighted by atomic mass is 9.94. The molecule has 6 nitrogen and oxygen atoms in total. The number of ether oxygens (including phenoxy) is 1. The Labute approximate surface area is 125 Å². The zero-order valence-electron chi connectivity index (χ0n) is 13.1. The largest absolute Gasteiger partial charge is 0.375 e. The van der Waals surface area contributed by atoms with E-state index < -0.39 is 0 Å². The number of nitrogen functional groups attached to an aromatic ring is 1. The van der Waals surface area contributed by atoms with Crippen molar-refractivity contribution >= 4 is 11.6 Å². The minimum absolute atomic E-state index is 0.0783. The number of nitrogens with one attached hydrogen (secondary N) is 2. The molecular formula is C15H25N5O. The molecule has 1 aromatic rings. The van der Waals surface area contributed by atoms with E-state index in [4.69, 9.17) is 15.6 Å². The number of rotatable bonds is 4. The number of aromatic nitrogens is 2. The summed E-state index contributed by atoms with van der Waals surface area (Å²) in [5, 5.41) is 3.58. The monoisotopic (exact) mass is 291 g/mol. The van der Waals surface area contributed by atoms with Crippen LogP contribution in [0.25, 0.3) is 0 Å². The van der Waals surface area contributed by atoms with Crippen LogP contribution in [0.5, 0.6) is 0 Å². The fourth-order valence-electron chi connectivity index (χ4n) is 2.89. The lowest BCUT2D eigenvalue weighted by Crippen LogP contribution is -2.40. The van der Waals surface area contributed by atoms with E-state index in [2.05, 4.69) is 29.6 Å². The second-order valence-corrected chi connectivity index (χ2v) is 6.76. The van der Waals surface area contributed by atoms with E-state index in [-0.39, 0.29) is 5.60 Å². The Bertz CT molecular complexity index is 527. The molecular weight excluding hydrogens is 266 g/mol. The molecule has 1 saturated carbocycles. The predicted molar refractivity (Wildman–Crippen MR) is 83.2 cm³/mol. The van der Waals surface area contributed by atoms with Crippen LogP contribution in [0.4, 0.5) is 11.6 Å². The number of nitrogens with zero attached hydrogens (tertiary/aromatic N) is 2. The van der Waals surface area contributed by atoms with E-state index in [1.165, 1.54) is 12.8 Å². The van der Waals surface area contributed by atoms with E-state index in [0.29, 0.717) is 12.0 Å². The molecule has 116 valence electrons. The molecule has 2 aliphatic rings. The summed E-state index contributed by atoms with van der Waals surface area (Å²) in [6.45, 7) is 7.05. The molecule has 0 spiro atoms. The van der Waals surface area contributed by atoms with Gasteiger partial charge in [-0.05, 0) is 46.5 Å². The highest BCUT2D eigenvalue weighted by Crippen LogP contribution is 2.39. The van der Waals surface area contributed by atoms with Crippen LogP contribution in [0, 0.1) is 6.92 Å². The van der Waals surface area contributed by atoms with Crippen LogP contribution in [0.15, 0.2) is 0 Å². The molecule has 1 saturated heterocycles. The first kappa shape index (κ1) is 14.5. The van der Waals surface area contributed by atoms with Crippen LogP contribution in [0.1, 0.15) is 56.8 Å². The summed E-state index contributed by atoms with van der Waals surface area (Å²) in [7, 11) is 0. The molecule has 1 aliphatic carbocycles. The summed E-state index contributed by atoms with van der Waals surface area (Å²) < 4.78 is 5.78. The van der Waals surface area contributed by atoms with Crippen LogP contribution < -0.4 is 16.6 Å². The van der Waals surface area contributed by atoms with E-state index in [1.54, 1.807) is 0 Å². The first-order valence-electron chi connectivity index (χ1n) is 7.74. The fraction of sp³-hybridized carbons (Fsp3) is 0.733. The molecule has 3 rings (SSSR count). The predicted octanol–water partition coefficient (Wildman–Crippen LogP) is 2.32. The number of hydrogen-bond donors (Lipinski definition) is 3. The van der Waals surface area contributed by atoms with Gasteiger partial charge in [0.15, 0.2) is 0 Å². The van der Waals surface area contributed by atoms with Gasteiger partial charge >= 0.3 is 0 Å². The molecule has 21 heavy (non-hydrogen) atoms. The average Bonchev–Trinajstić information content (AvgIpc) is 3.24. The Kier molecular flexibility index (Phi) is 3.75. The van der Waals surface area contributed by atoms with Gasteiger partial charge in [-0.15, -0.1) is 0 Å². The van der Waals surface area contributed by atoms with E-state index in [1.807, 2.05) is 6.92 Å². The van der Waals surface area contributed by atoms with Gasteiger partial charge in [0.25, 0.3) is 0 Å². The highest BCUT2D eigenvalue weighted by Gasteiger charge is 2.31. The normalized spacial score (nSPS) is 24.7. The molecule has 0 aromatic carbocycles. The third-order valence-corrected chi connectivity index (χ3v) is 4.28. The average molecular weight is 291 g/mol. The summed E-state index contributed by atoms with van der Waals surface area (Å²) >= 11 is 0. The maximum absolute atomic E-state index is 5.78. The number of nitrogens with two attached hydrogens (primary N) is 1. The molecule has 1 unspecified atom stereocenters. The Morgan fingerprint density at radius 3 is 2.52 bits per heavy atom. The topological polar surface area (TPSA) is 85.1 Å². The molecule has 1 aliphatic heterocycles. The molecule has 4 N–H and O–H groups in total. The van der Waals surface area contributed by atoms with Gasteiger partial charge in [0, 0.05) is 24.1 Å². The van der Waals surface area contributed by atoms with Crippen LogP contribution in [0.3, 0.4) is 0 Å². The first-order chi connectivity index (χ1) is 9.98. The Morgan fingerprint density at radius 1 is 1.19 bits per heavy atom. The molecule has 2 heterocycles. The SMILES string of the molecule is Cc1c(NN)nc(C2CC2)nc1NC1CCOC(C)(C)C1. The Balaban J connectivity index is 1.82. The second-order valence-electron chi connectivity index (χ2n) is 6.76. The maximum Gasteiger partial charge on any atom is 0.148 e. The molecule has 2 fully saturated rings. The van der Waals surface area contributed by atoms with Gasteiger partial charge in [0.1, 0.15) is 17.5 Å². The minimum Gasteiger partial charge on any atom is -0.375 e. The fourth-order valence-corrected chi connectivity index (χ4v) is 2.89. The van der Waals surface area contributed by atoms with Crippen molar-refractivity contribution in [3.63, 3.8) is 0 Å². The maximum atomic E-state index is 5.78. The third kappa shape index (κ3) is 3.27. The van der Waals surface area contributed by atoms with Gasteiger partial charge in [0.2, 0.25) is 0 Å². The first-order valence-corrected chi connectivity index (χ1v) is 7.74. The molecule has 6 heteroatoms. The van der Waals surface area contributed by atoms with Crippen molar-refractivity contribution < 1.29 is 4.74 Å². The van der Waals surface area contributed by atoms with Gasteiger partial charge in [0.05, 0.1) is 5.60 Å². The summed E-state index contributed by atoms with van der Waals surface area (Å²) in [6.07, 6.45) is 4.32. The smallest absolute Gasteiger partial charge is 0.148 e. The van der Waals surface area contributed by atoms with Gasteiger partial charge in [-0.25, -0.2) is 15.8 Å². The minimum atomic E-state index is -0.0783. The van der Waals surface area contributed by atoms with Crippen LogP contribution in [0.2, 0.25) is 0 Å². The Hall–Kier alpha value is -1.40. The number of hydrazine groups is 1. The van der Waals surface area contributed by atoms with Crippen molar-refractivity contribution in [1.82, 2.24) is 9.97 Å². The number of hydrogen-bond acceptors (Lipinski definition) is 6. The summed E-state index contributed by atoms with van der Waals surface area (Å²) in [5.41, 5.74) is 3.60. The van der Waals surface area contributed by atoms with E-state index >= 15 is 0 Å². The molecule has 0 radical (unpaired) electrons. The summed E-state index contributed by atoms with van der Waals surface area (Å²) in [6, 6.07) is 0.375. The standard InChI is InChI=1S/C15H25N5O/c1-9-12(17-11-6-7-21-15(2,3)8-11)18-14(10-4-5-10)19-13(9)20-16/h10-11H,4-8,16H2,1-3H3,(H2,17,18,19,20). The van der Waals surface area contributed by atoms with Crippen molar-refractivity contribution in [2.24, 2.45) is 5.84 Å². The van der Waals surface area contributed by atoms with E-state index in [0.717, 1.165) is 42.5 Å². The summed E-state index contributed by atoms with van der Waals surface area (Å²) in [5.74, 6) is 8.63. The van der Waals surface area contributed by atoms with Crippen LogP contribution in [-0.2, 0) is 4.74 Å². The highest BCUT2D eigenvalue weighted by atomic mass is 16.5. The lowest BCUT2D eigenvalue weighted by Gasteiger charge is -2.36. The van der Waals surface area contributed by atoms with Crippen LogP contribution >= 0.6 is 0 Å². The van der Waals surface area contributed by atoms with Crippen molar-refractivity contribution in [1.29, 1.82) is 0 Å². The van der Waals surface area contributed by atoms with Crippen molar-refractivity contribution in [2.75, 3.05) is 17.3 Å². The molecule has 0 bridgehead atoms. The van der Waals surface area contributed by atoms with Gasteiger partial charge in [-0.1, -0.05) is 0 Å². The zero-order chi connectivity index (χ0) is 15.0. The molecule has 1 aromatic heterocycles. The van der Waals surface area contributed by atoms with Crippen molar-refractivity contribution in [3.8, 4) is 0 Å². The van der Waals surface area contributed by atoms with Gasteiger partial charge in [-0.2, -0.15) is 0 Å². The van der Waals surface area contributed by atoms with Crippen molar-refractivity contribution in [3.05, 3.63) is 11.4 Å². The van der Waals surface area contributed by atoms with Crippen molar-refractivity contribution in [2.45, 2.75) is 64.0 Å². The van der Waals surface area contributed by atoms with Gasteiger partial charge in [-0.3, -0.25) is 0 Å². The summed E-state index contributed by atoms with van der Waals surface area (Å²) in [4.78, 5) is 9.25. The molecule has 1 atom stereocenters. The third-order valence-electron chi connectivity index (χ3n) is 4.28. The highest BCUT2D eigenvalue weighted by molar-refractivity contribution is 5.57. The molecule has 0 amide bonds. The quantitative estimate of drug-likeness (QED) is 0.583. The number of anilines is 2. The van der Waals surface area contributed by atoms with Crippen LogP contribution in [-0.4, -0.2) is 28.2 Å². The van der Waals surface area contributed by atoms with Gasteiger partial charge < -0.3 is 15.5 Å².